The second-order valence-electron chi connectivity index (χ2n) is 16.5. The van der Waals surface area contributed by atoms with Crippen molar-refractivity contribution in [3.05, 3.63) is 35.5 Å². The van der Waals surface area contributed by atoms with Crippen molar-refractivity contribution in [2.75, 3.05) is 6.61 Å². The quantitative estimate of drug-likeness (QED) is 0.172. The minimum Gasteiger partial charge on any atom is -0.463 e. The molecule has 4 rings (SSSR count). The van der Waals surface area contributed by atoms with Gasteiger partial charge in [-0.2, -0.15) is 0 Å². The van der Waals surface area contributed by atoms with Gasteiger partial charge >= 0.3 is 23.9 Å². The third-order valence-corrected chi connectivity index (χ3v) is 11.7. The zero-order valence-electron chi connectivity index (χ0n) is 32.9. The van der Waals surface area contributed by atoms with Crippen LogP contribution in [0.15, 0.2) is 35.5 Å². The Bertz CT molecular complexity index is 1410. The number of carbonyl (C=O) groups excluding carboxylic acids is 4. The standard InChI is InChI=1S/C41H62O12/c1-23(12-10-18-40(7,8)47)32-16-17-33-29(13-11-19-41(32,33)9)14-15-30-20-31(21-34(46)24(30)2)52-39-38(51-28(6)45)37(50-27(5)44)36(49-26(4)43)35(53-39)22-48-25(3)42/h14-15,23,31-39,46-47H,2,10-13,16-22H2,1,3-9H3/b29-14+,30-15-/t23-,31-,32-,33+,34+,35-,36-,37+,38-,39-,41-/m1/s1. The van der Waals surface area contributed by atoms with Crippen molar-refractivity contribution in [3.8, 4) is 0 Å². The lowest BCUT2D eigenvalue weighted by atomic mass is 9.60. The Kier molecular flexibility index (Phi) is 14.5. The molecule has 0 spiro atoms. The molecule has 298 valence electrons. The predicted octanol–water partition coefficient (Wildman–Crippen LogP) is 5.81. The molecule has 0 amide bonds. The van der Waals surface area contributed by atoms with Gasteiger partial charge in [0.05, 0.1) is 17.8 Å². The number of esters is 4. The van der Waals surface area contributed by atoms with Crippen molar-refractivity contribution in [2.45, 2.75) is 168 Å². The summed E-state index contributed by atoms with van der Waals surface area (Å²) in [6.45, 7) is 17.1. The number of aliphatic hydroxyl groups is 2. The Balaban J connectivity index is 1.55. The second-order valence-corrected chi connectivity index (χ2v) is 16.5. The Labute approximate surface area is 314 Å². The van der Waals surface area contributed by atoms with Gasteiger partial charge in [-0.25, -0.2) is 0 Å². The van der Waals surface area contributed by atoms with E-state index in [9.17, 15) is 29.4 Å². The van der Waals surface area contributed by atoms with E-state index in [1.807, 2.05) is 13.8 Å². The van der Waals surface area contributed by atoms with Crippen LogP contribution in [-0.2, 0) is 47.6 Å². The summed E-state index contributed by atoms with van der Waals surface area (Å²) >= 11 is 0. The largest absolute Gasteiger partial charge is 0.463 e. The smallest absolute Gasteiger partial charge is 0.303 e. The summed E-state index contributed by atoms with van der Waals surface area (Å²) in [6.07, 6.45) is 5.42. The van der Waals surface area contributed by atoms with Crippen molar-refractivity contribution in [3.63, 3.8) is 0 Å². The molecule has 1 aliphatic heterocycles. The van der Waals surface area contributed by atoms with E-state index >= 15 is 0 Å². The summed E-state index contributed by atoms with van der Waals surface area (Å²) in [7, 11) is 0. The lowest BCUT2D eigenvalue weighted by molar-refractivity contribution is -0.318. The van der Waals surface area contributed by atoms with E-state index in [-0.39, 0.29) is 18.4 Å². The topological polar surface area (TPSA) is 164 Å². The summed E-state index contributed by atoms with van der Waals surface area (Å²) < 4.78 is 34.4. The molecule has 53 heavy (non-hydrogen) atoms. The molecule has 1 saturated heterocycles. The lowest BCUT2D eigenvalue weighted by Crippen LogP contribution is -2.63. The third-order valence-electron chi connectivity index (χ3n) is 11.7. The molecule has 11 atom stereocenters. The minimum atomic E-state index is -1.35. The fourth-order valence-electron chi connectivity index (χ4n) is 9.31. The molecule has 0 bridgehead atoms. The molecule has 4 aliphatic rings. The van der Waals surface area contributed by atoms with Crippen molar-refractivity contribution < 1.29 is 57.8 Å². The Hall–Kier alpha value is -3.06. The van der Waals surface area contributed by atoms with Gasteiger partial charge in [0, 0.05) is 34.1 Å². The Morgan fingerprint density at radius 1 is 0.981 bits per heavy atom. The summed E-state index contributed by atoms with van der Waals surface area (Å²) in [5.41, 5.74) is 2.42. The lowest BCUT2D eigenvalue weighted by Gasteiger charge is -2.45. The molecule has 1 heterocycles. The first kappa shape index (κ1) is 42.7. The van der Waals surface area contributed by atoms with Crippen LogP contribution in [0, 0.1) is 23.2 Å². The highest BCUT2D eigenvalue weighted by molar-refractivity contribution is 5.68. The summed E-state index contributed by atoms with van der Waals surface area (Å²) in [6, 6.07) is 0. The summed E-state index contributed by atoms with van der Waals surface area (Å²) in [5, 5.41) is 21.4. The van der Waals surface area contributed by atoms with E-state index in [1.165, 1.54) is 32.3 Å². The van der Waals surface area contributed by atoms with Gasteiger partial charge in [-0.15, -0.1) is 0 Å². The summed E-state index contributed by atoms with van der Waals surface area (Å²) in [4.78, 5) is 48.4. The van der Waals surface area contributed by atoms with Gasteiger partial charge < -0.3 is 38.6 Å². The SMILES string of the molecule is C=C1/C(=C\C=C2/CCC[C@]3(C)[C@@H]([C@H](C)CCCC(C)(C)O)CC[C@@H]23)C[C@@H](O[C@@H]2O[C@H](COC(C)=O)[C@@H](OC(C)=O)[C@H](OC(C)=O)[C@H]2OC(C)=O)C[C@@H]1O. The van der Waals surface area contributed by atoms with E-state index in [0.29, 0.717) is 29.7 Å². The highest BCUT2D eigenvalue weighted by Gasteiger charge is 2.54. The van der Waals surface area contributed by atoms with Crippen LogP contribution in [0.2, 0.25) is 0 Å². The van der Waals surface area contributed by atoms with Gasteiger partial charge in [0.25, 0.3) is 0 Å². The molecule has 0 unspecified atom stereocenters. The number of hydrogen-bond donors (Lipinski definition) is 2. The average molecular weight is 747 g/mol. The Morgan fingerprint density at radius 3 is 2.25 bits per heavy atom. The monoisotopic (exact) mass is 746 g/mol. The fraction of sp³-hybridized carbons (Fsp3) is 0.756. The van der Waals surface area contributed by atoms with E-state index in [0.717, 1.165) is 57.9 Å². The summed E-state index contributed by atoms with van der Waals surface area (Å²) in [5.74, 6) is -1.10. The van der Waals surface area contributed by atoms with Crippen LogP contribution in [0.5, 0.6) is 0 Å². The maximum atomic E-state index is 12.3. The van der Waals surface area contributed by atoms with Crippen LogP contribution < -0.4 is 0 Å². The molecular weight excluding hydrogens is 684 g/mol. The molecule has 0 aromatic carbocycles. The minimum absolute atomic E-state index is 0.174. The molecule has 12 heteroatoms. The van der Waals surface area contributed by atoms with Gasteiger partial charge in [0.2, 0.25) is 0 Å². The number of ether oxygens (including phenoxy) is 6. The van der Waals surface area contributed by atoms with Crippen LogP contribution in [0.25, 0.3) is 0 Å². The van der Waals surface area contributed by atoms with Crippen molar-refractivity contribution >= 4 is 23.9 Å². The molecule has 0 radical (unpaired) electrons. The number of rotatable bonds is 13. The molecule has 2 N–H and O–H groups in total. The first-order chi connectivity index (χ1) is 24.8. The number of allylic oxidation sites excluding steroid dienone is 3. The molecule has 3 aliphatic carbocycles. The number of fused-ring (bicyclic) bond motifs is 1. The average Bonchev–Trinajstić information content (AvgIpc) is 3.40. The molecule has 4 fully saturated rings. The van der Waals surface area contributed by atoms with Gasteiger partial charge in [-0.3, -0.25) is 19.2 Å². The third kappa shape index (κ3) is 11.2. The second kappa shape index (κ2) is 18.0. The van der Waals surface area contributed by atoms with E-state index in [1.54, 1.807) is 0 Å². The van der Waals surface area contributed by atoms with Crippen LogP contribution in [-0.4, -0.2) is 89.2 Å². The Morgan fingerprint density at radius 2 is 1.62 bits per heavy atom. The van der Waals surface area contributed by atoms with E-state index in [4.69, 9.17) is 28.4 Å². The van der Waals surface area contributed by atoms with Crippen molar-refractivity contribution in [1.29, 1.82) is 0 Å². The molecule has 0 aromatic heterocycles. The van der Waals surface area contributed by atoms with Crippen molar-refractivity contribution in [1.82, 2.24) is 0 Å². The van der Waals surface area contributed by atoms with Gasteiger partial charge in [0.1, 0.15) is 12.7 Å². The molecule has 12 nitrogen and oxygen atoms in total. The zero-order chi connectivity index (χ0) is 39.2. The van der Waals surface area contributed by atoms with Gasteiger partial charge in [0.15, 0.2) is 24.6 Å². The molecular formula is C41H62O12. The number of aliphatic hydroxyl groups excluding tert-OH is 1. The fourth-order valence-corrected chi connectivity index (χ4v) is 9.31. The first-order valence-electron chi connectivity index (χ1n) is 19.2. The highest BCUT2D eigenvalue weighted by atomic mass is 16.7. The number of carbonyl (C=O) groups is 4. The van der Waals surface area contributed by atoms with E-state index in [2.05, 4.69) is 32.6 Å². The molecule has 3 saturated carbocycles. The maximum absolute atomic E-state index is 12.3. The van der Waals surface area contributed by atoms with E-state index < -0.39 is 72.4 Å². The van der Waals surface area contributed by atoms with Crippen LogP contribution in [0.4, 0.5) is 0 Å². The van der Waals surface area contributed by atoms with Gasteiger partial charge in [-0.05, 0) is 93.1 Å². The predicted molar refractivity (Wildman–Crippen MR) is 195 cm³/mol. The van der Waals surface area contributed by atoms with Crippen LogP contribution in [0.1, 0.15) is 120 Å². The van der Waals surface area contributed by atoms with Crippen LogP contribution in [0.3, 0.4) is 0 Å². The highest BCUT2D eigenvalue weighted by Crippen LogP contribution is 2.60. The normalized spacial score (nSPS) is 35.4. The van der Waals surface area contributed by atoms with Crippen LogP contribution >= 0.6 is 0 Å². The first-order valence-corrected chi connectivity index (χ1v) is 19.2. The number of hydrogen-bond acceptors (Lipinski definition) is 12. The molecule has 0 aromatic rings. The van der Waals surface area contributed by atoms with Crippen molar-refractivity contribution in [2.24, 2.45) is 23.2 Å². The maximum Gasteiger partial charge on any atom is 0.303 e. The van der Waals surface area contributed by atoms with Gasteiger partial charge in [-0.1, -0.05) is 51.0 Å². The zero-order valence-corrected chi connectivity index (χ0v) is 32.9.